The van der Waals surface area contributed by atoms with Gasteiger partial charge in [-0.25, -0.2) is 0 Å². The normalized spacial score (nSPS) is 21.8. The van der Waals surface area contributed by atoms with Crippen molar-refractivity contribution in [2.45, 2.75) is 52.0 Å². The van der Waals surface area contributed by atoms with Gasteiger partial charge in [-0.05, 0) is 56.6 Å². The van der Waals surface area contributed by atoms with Gasteiger partial charge in [0, 0.05) is 31.5 Å². The van der Waals surface area contributed by atoms with E-state index in [1.807, 2.05) is 30.0 Å². The zero-order valence-corrected chi connectivity index (χ0v) is 15.2. The first-order chi connectivity index (χ1) is 10.9. The van der Waals surface area contributed by atoms with E-state index in [0.29, 0.717) is 10.8 Å². The average Bonchev–Trinajstić information content (AvgIpc) is 2.91. The van der Waals surface area contributed by atoms with Crippen molar-refractivity contribution in [1.29, 1.82) is 0 Å². The first kappa shape index (κ1) is 16.2. The fourth-order valence-corrected chi connectivity index (χ4v) is 3.95. The molecular formula is C18H25N3OS. The lowest BCUT2D eigenvalue weighted by Crippen LogP contribution is -2.41. The van der Waals surface area contributed by atoms with Crippen molar-refractivity contribution in [3.8, 4) is 0 Å². The van der Waals surface area contributed by atoms with Crippen LogP contribution in [0.2, 0.25) is 0 Å². The smallest absolute Gasteiger partial charge is 0.277 e. The number of rotatable bonds is 2. The van der Waals surface area contributed by atoms with Crippen LogP contribution in [0.3, 0.4) is 0 Å². The van der Waals surface area contributed by atoms with Crippen molar-refractivity contribution in [2.75, 3.05) is 7.05 Å². The first-order valence-corrected chi connectivity index (χ1v) is 8.78. The van der Waals surface area contributed by atoms with Gasteiger partial charge in [-0.2, -0.15) is 0 Å². The number of carbonyl (C=O) groups is 1. The Labute approximate surface area is 143 Å². The molecule has 1 aromatic heterocycles. The number of likely N-dealkylation sites (N-methyl/N-ethyl adjacent to an activating group) is 1. The van der Waals surface area contributed by atoms with Gasteiger partial charge >= 0.3 is 0 Å². The maximum absolute atomic E-state index is 13.0. The molecule has 5 heteroatoms. The summed E-state index contributed by atoms with van der Waals surface area (Å²) in [5.74, 6) is 0.0605. The van der Waals surface area contributed by atoms with E-state index in [4.69, 9.17) is 12.2 Å². The Morgan fingerprint density at radius 3 is 2.39 bits per heavy atom. The summed E-state index contributed by atoms with van der Waals surface area (Å²) in [7, 11) is 3.95. The molecule has 0 atom stereocenters. The number of nitrogens with zero attached hydrogens (tertiary/aromatic N) is 3. The SMILES string of the molecule is Cc1cc(C=C2C(=O)N(C3CCCCC3)C(=S)N2C)c(C)n1C. The number of hydrogen-bond acceptors (Lipinski definition) is 2. The van der Waals surface area contributed by atoms with Crippen LogP contribution in [0.1, 0.15) is 49.1 Å². The topological polar surface area (TPSA) is 28.5 Å². The van der Waals surface area contributed by atoms with Gasteiger partial charge in [-0.1, -0.05) is 19.3 Å². The third-order valence-corrected chi connectivity index (χ3v) is 5.81. The number of carbonyl (C=O) groups excluding carboxylic acids is 1. The maximum atomic E-state index is 13.0. The van der Waals surface area contributed by atoms with Crippen molar-refractivity contribution < 1.29 is 4.79 Å². The molecule has 2 fully saturated rings. The van der Waals surface area contributed by atoms with Crippen LogP contribution in [0.4, 0.5) is 0 Å². The predicted octanol–water partition coefficient (Wildman–Crippen LogP) is 3.37. The summed E-state index contributed by atoms with van der Waals surface area (Å²) in [6, 6.07) is 2.39. The van der Waals surface area contributed by atoms with Crippen molar-refractivity contribution in [3.05, 3.63) is 28.7 Å². The Balaban J connectivity index is 1.93. The van der Waals surface area contributed by atoms with Crippen LogP contribution in [-0.2, 0) is 11.8 Å². The Morgan fingerprint density at radius 1 is 1.17 bits per heavy atom. The van der Waals surface area contributed by atoms with Gasteiger partial charge in [0.15, 0.2) is 5.11 Å². The molecule has 1 amide bonds. The highest BCUT2D eigenvalue weighted by Crippen LogP contribution is 2.31. The van der Waals surface area contributed by atoms with E-state index in [-0.39, 0.29) is 11.9 Å². The molecule has 1 aliphatic carbocycles. The number of amides is 1. The van der Waals surface area contributed by atoms with Crippen LogP contribution in [0, 0.1) is 13.8 Å². The highest BCUT2D eigenvalue weighted by Gasteiger charge is 2.40. The molecule has 0 unspecified atom stereocenters. The summed E-state index contributed by atoms with van der Waals surface area (Å²) in [6.07, 6.45) is 7.77. The summed E-state index contributed by atoms with van der Waals surface area (Å²) in [5, 5.41) is 0.651. The second-order valence-corrected chi connectivity index (χ2v) is 7.09. The molecule has 0 radical (unpaired) electrons. The minimum atomic E-state index is 0.0605. The van der Waals surface area contributed by atoms with E-state index in [1.165, 1.54) is 30.7 Å². The maximum Gasteiger partial charge on any atom is 0.277 e. The summed E-state index contributed by atoms with van der Waals surface area (Å²) >= 11 is 5.56. The minimum Gasteiger partial charge on any atom is -0.352 e. The van der Waals surface area contributed by atoms with E-state index in [1.54, 1.807) is 0 Å². The summed E-state index contributed by atoms with van der Waals surface area (Å²) in [6.45, 7) is 4.16. The van der Waals surface area contributed by atoms with Crippen LogP contribution in [0.5, 0.6) is 0 Å². The van der Waals surface area contributed by atoms with Crippen LogP contribution >= 0.6 is 12.2 Å². The third kappa shape index (κ3) is 2.71. The molecule has 1 saturated carbocycles. The number of hydrogen-bond donors (Lipinski definition) is 0. The van der Waals surface area contributed by atoms with Crippen molar-refractivity contribution >= 4 is 29.3 Å². The molecule has 0 aromatic carbocycles. The van der Waals surface area contributed by atoms with E-state index in [9.17, 15) is 4.79 Å². The fraction of sp³-hybridized carbons (Fsp3) is 0.556. The highest BCUT2D eigenvalue weighted by molar-refractivity contribution is 7.80. The Bertz CT molecular complexity index is 683. The monoisotopic (exact) mass is 331 g/mol. The molecule has 2 aliphatic rings. The van der Waals surface area contributed by atoms with Crippen LogP contribution in [-0.4, -0.2) is 38.5 Å². The Morgan fingerprint density at radius 2 is 1.83 bits per heavy atom. The first-order valence-electron chi connectivity index (χ1n) is 8.37. The van der Waals surface area contributed by atoms with Crippen LogP contribution in [0.15, 0.2) is 11.8 Å². The number of aryl methyl sites for hydroxylation is 1. The van der Waals surface area contributed by atoms with Gasteiger partial charge < -0.3 is 9.47 Å². The number of aromatic nitrogens is 1. The summed E-state index contributed by atoms with van der Waals surface area (Å²) in [5.41, 5.74) is 4.13. The summed E-state index contributed by atoms with van der Waals surface area (Å²) < 4.78 is 2.14. The molecule has 1 aliphatic heterocycles. The van der Waals surface area contributed by atoms with Gasteiger partial charge in [0.1, 0.15) is 5.70 Å². The molecule has 124 valence electrons. The minimum absolute atomic E-state index is 0.0605. The number of thiocarbonyl (C=S) groups is 1. The Hall–Kier alpha value is -1.62. The lowest BCUT2D eigenvalue weighted by Gasteiger charge is -2.30. The third-order valence-electron chi connectivity index (χ3n) is 5.34. The molecule has 0 N–H and O–H groups in total. The van der Waals surface area contributed by atoms with Crippen molar-refractivity contribution in [3.63, 3.8) is 0 Å². The van der Waals surface area contributed by atoms with Gasteiger partial charge in [0.05, 0.1) is 0 Å². The second-order valence-electron chi connectivity index (χ2n) is 6.72. The molecule has 4 nitrogen and oxygen atoms in total. The molecule has 2 heterocycles. The highest BCUT2D eigenvalue weighted by atomic mass is 32.1. The molecular weight excluding hydrogens is 306 g/mol. The largest absolute Gasteiger partial charge is 0.352 e. The van der Waals surface area contributed by atoms with Gasteiger partial charge in [-0.15, -0.1) is 0 Å². The molecule has 23 heavy (non-hydrogen) atoms. The van der Waals surface area contributed by atoms with Crippen molar-refractivity contribution in [2.24, 2.45) is 7.05 Å². The zero-order valence-electron chi connectivity index (χ0n) is 14.4. The molecule has 0 bridgehead atoms. The average molecular weight is 331 g/mol. The summed E-state index contributed by atoms with van der Waals surface area (Å²) in [4.78, 5) is 16.7. The fourth-order valence-electron chi connectivity index (χ4n) is 3.62. The van der Waals surface area contributed by atoms with E-state index >= 15 is 0 Å². The van der Waals surface area contributed by atoms with Crippen LogP contribution < -0.4 is 0 Å². The van der Waals surface area contributed by atoms with Crippen LogP contribution in [0.25, 0.3) is 6.08 Å². The lowest BCUT2D eigenvalue weighted by molar-refractivity contribution is -0.124. The lowest BCUT2D eigenvalue weighted by atomic mass is 9.94. The van der Waals surface area contributed by atoms with E-state index in [2.05, 4.69) is 24.5 Å². The van der Waals surface area contributed by atoms with Gasteiger partial charge in [0.2, 0.25) is 0 Å². The standard InChI is InChI=1S/C18H25N3OS/c1-12-10-14(13(2)19(12)3)11-16-17(22)21(18(23)20(16)4)15-8-6-5-7-9-15/h10-11,15H,5-9H2,1-4H3. The van der Waals surface area contributed by atoms with E-state index in [0.717, 1.165) is 18.4 Å². The van der Waals surface area contributed by atoms with Crippen molar-refractivity contribution in [1.82, 2.24) is 14.4 Å². The Kier molecular flexibility index (Phi) is 4.32. The molecule has 0 spiro atoms. The molecule has 3 rings (SSSR count). The van der Waals surface area contributed by atoms with E-state index < -0.39 is 0 Å². The molecule has 1 aromatic rings. The quantitative estimate of drug-likeness (QED) is 0.614. The van der Waals surface area contributed by atoms with Gasteiger partial charge in [0.25, 0.3) is 5.91 Å². The van der Waals surface area contributed by atoms with Gasteiger partial charge in [-0.3, -0.25) is 9.69 Å². The predicted molar refractivity (Wildman–Crippen MR) is 96.9 cm³/mol. The zero-order chi connectivity index (χ0) is 16.7. The molecule has 1 saturated heterocycles. The second kappa shape index (κ2) is 6.11.